The lowest BCUT2D eigenvalue weighted by atomic mass is 10.1. The van der Waals surface area contributed by atoms with E-state index < -0.39 is 17.8 Å². The maximum atomic E-state index is 12.8. The third kappa shape index (κ3) is 5.44. The van der Waals surface area contributed by atoms with Crippen LogP contribution in [0.1, 0.15) is 16.8 Å². The summed E-state index contributed by atoms with van der Waals surface area (Å²) < 4.78 is 44.7. The van der Waals surface area contributed by atoms with E-state index in [9.17, 15) is 18.0 Å². The zero-order valence-corrected chi connectivity index (χ0v) is 17.0. The van der Waals surface area contributed by atoms with Crippen LogP contribution in [-0.4, -0.2) is 31.5 Å². The number of carbonyl (C=O) groups excluding carboxylic acids is 1. The van der Waals surface area contributed by atoms with Gasteiger partial charge in [-0.15, -0.1) is 0 Å². The topological polar surface area (TPSA) is 123 Å². The standard InChI is InChI=1S/C20H15F3N8O2/c1-12-5-26-27-9-17(12)13-2-3-15(25-6-13)10-31-11-18(33-30-31)29-19(32)28-16-4-14(7-24-8-16)20(21,22)23/h2-9,11H,10H2,1H3,(H-,28,29,30,32)/p+1. The second-order valence-corrected chi connectivity index (χ2v) is 6.93. The molecule has 168 valence electrons. The molecule has 0 saturated carbocycles. The molecule has 4 aromatic heterocycles. The molecule has 33 heavy (non-hydrogen) atoms. The number of rotatable bonds is 5. The Kier molecular flexibility index (Phi) is 5.93. The summed E-state index contributed by atoms with van der Waals surface area (Å²) in [7, 11) is 0. The first-order valence-corrected chi connectivity index (χ1v) is 9.47. The quantitative estimate of drug-likeness (QED) is 0.441. The molecule has 0 bridgehead atoms. The smallest absolute Gasteiger partial charge is 0.306 e. The van der Waals surface area contributed by atoms with Gasteiger partial charge in [-0.25, -0.2) is 4.79 Å². The van der Waals surface area contributed by atoms with Crippen LogP contribution in [0.5, 0.6) is 0 Å². The van der Waals surface area contributed by atoms with Gasteiger partial charge >= 0.3 is 18.1 Å². The first kappa shape index (κ1) is 21.8. The van der Waals surface area contributed by atoms with Gasteiger partial charge in [0.15, 0.2) is 0 Å². The predicted molar refractivity (Wildman–Crippen MR) is 108 cm³/mol. The molecule has 0 aliphatic heterocycles. The number of aromatic nitrogens is 6. The highest BCUT2D eigenvalue weighted by atomic mass is 19.4. The van der Waals surface area contributed by atoms with Gasteiger partial charge in [0.2, 0.25) is 11.8 Å². The van der Waals surface area contributed by atoms with E-state index in [4.69, 9.17) is 4.52 Å². The molecule has 0 fully saturated rings. The highest BCUT2D eigenvalue weighted by molar-refractivity contribution is 5.98. The lowest BCUT2D eigenvalue weighted by Gasteiger charge is -2.08. The number of carbonyl (C=O) groups is 1. The van der Waals surface area contributed by atoms with Crippen molar-refractivity contribution in [1.29, 1.82) is 0 Å². The van der Waals surface area contributed by atoms with Crippen molar-refractivity contribution in [1.82, 2.24) is 25.4 Å². The van der Waals surface area contributed by atoms with E-state index >= 15 is 0 Å². The highest BCUT2D eigenvalue weighted by Crippen LogP contribution is 2.30. The summed E-state index contributed by atoms with van der Waals surface area (Å²) in [5, 5.41) is 16.1. The third-order valence-corrected chi connectivity index (χ3v) is 4.46. The summed E-state index contributed by atoms with van der Waals surface area (Å²) >= 11 is 0. The number of halogens is 3. The van der Waals surface area contributed by atoms with Crippen LogP contribution in [0.2, 0.25) is 0 Å². The van der Waals surface area contributed by atoms with Gasteiger partial charge in [0.25, 0.3) is 6.20 Å². The Hall–Kier alpha value is -4.42. The molecule has 2 amide bonds. The number of nitrogens with zero attached hydrogens (tertiary/aromatic N) is 6. The summed E-state index contributed by atoms with van der Waals surface area (Å²) in [5.74, 6) is -0.0115. The molecule has 10 nitrogen and oxygen atoms in total. The number of hydrogen-bond donors (Lipinski definition) is 2. The molecule has 0 unspecified atom stereocenters. The summed E-state index contributed by atoms with van der Waals surface area (Å²) in [5.41, 5.74) is 2.36. The number of anilines is 2. The Morgan fingerprint density at radius 3 is 2.64 bits per heavy atom. The van der Waals surface area contributed by atoms with Crippen molar-refractivity contribution in [3.63, 3.8) is 0 Å². The van der Waals surface area contributed by atoms with E-state index in [1.807, 2.05) is 19.1 Å². The van der Waals surface area contributed by atoms with Gasteiger partial charge in [-0.2, -0.15) is 23.4 Å². The molecule has 13 heteroatoms. The van der Waals surface area contributed by atoms with E-state index in [-0.39, 0.29) is 18.1 Å². The second-order valence-electron chi connectivity index (χ2n) is 6.93. The van der Waals surface area contributed by atoms with E-state index in [1.165, 1.54) is 10.9 Å². The minimum Gasteiger partial charge on any atom is -0.306 e. The molecule has 0 radical (unpaired) electrons. The van der Waals surface area contributed by atoms with Gasteiger partial charge in [0, 0.05) is 23.5 Å². The van der Waals surface area contributed by atoms with Gasteiger partial charge in [-0.05, 0) is 29.3 Å². The molecule has 0 aliphatic rings. The monoisotopic (exact) mass is 457 g/mol. The number of amides is 2. The maximum absolute atomic E-state index is 12.8. The molecule has 4 heterocycles. The first-order valence-electron chi connectivity index (χ1n) is 9.47. The van der Waals surface area contributed by atoms with E-state index in [2.05, 4.69) is 36.1 Å². The van der Waals surface area contributed by atoms with Crippen molar-refractivity contribution in [2.75, 3.05) is 10.6 Å². The van der Waals surface area contributed by atoms with Crippen LogP contribution in [0.15, 0.2) is 59.9 Å². The van der Waals surface area contributed by atoms with Crippen molar-refractivity contribution in [3.05, 3.63) is 72.2 Å². The van der Waals surface area contributed by atoms with Crippen molar-refractivity contribution in [2.45, 2.75) is 19.6 Å². The van der Waals surface area contributed by atoms with Crippen LogP contribution < -0.4 is 15.3 Å². The Morgan fingerprint density at radius 1 is 1.09 bits per heavy atom. The van der Waals surface area contributed by atoms with Crippen LogP contribution in [0.25, 0.3) is 11.1 Å². The molecule has 0 aromatic carbocycles. The molecule has 0 atom stereocenters. The fourth-order valence-corrected chi connectivity index (χ4v) is 2.87. The number of urea groups is 1. The van der Waals surface area contributed by atoms with Gasteiger partial charge in [0.05, 0.1) is 29.8 Å². The number of alkyl halides is 3. The average molecular weight is 457 g/mol. The minimum absolute atomic E-state index is 0.0115. The highest BCUT2D eigenvalue weighted by Gasteiger charge is 2.31. The van der Waals surface area contributed by atoms with Gasteiger partial charge < -0.3 is 5.32 Å². The zero-order valence-electron chi connectivity index (χ0n) is 17.0. The lowest BCUT2D eigenvalue weighted by Crippen LogP contribution is -2.35. The SMILES string of the molecule is Cc1cnncc1-c1ccc(C[n+]2cc(NC(=O)Nc3cncc(C(F)(F)F)c3)on2)nc1. The van der Waals surface area contributed by atoms with Crippen molar-refractivity contribution < 1.29 is 27.2 Å². The van der Waals surface area contributed by atoms with Crippen molar-refractivity contribution in [3.8, 4) is 11.1 Å². The van der Waals surface area contributed by atoms with Crippen LogP contribution in [0, 0.1) is 6.92 Å². The first-order chi connectivity index (χ1) is 15.8. The van der Waals surface area contributed by atoms with Gasteiger partial charge in [0.1, 0.15) is 5.69 Å². The summed E-state index contributed by atoms with van der Waals surface area (Å²) in [6, 6.07) is 3.66. The summed E-state index contributed by atoms with van der Waals surface area (Å²) in [6.45, 7) is 2.19. The molecule has 0 aliphatic carbocycles. The average Bonchev–Trinajstić information content (AvgIpc) is 3.21. The van der Waals surface area contributed by atoms with Crippen LogP contribution >= 0.6 is 0 Å². The molecule has 2 N–H and O–H groups in total. The normalized spacial score (nSPS) is 11.3. The van der Waals surface area contributed by atoms with Gasteiger partial charge in [-0.3, -0.25) is 19.8 Å². The van der Waals surface area contributed by atoms with Crippen LogP contribution in [-0.2, 0) is 12.7 Å². The maximum Gasteiger partial charge on any atom is 0.417 e. The summed E-state index contributed by atoms with van der Waals surface area (Å²) in [6.07, 6.45) is 3.63. The molecular formula is C20H16F3N8O2+. The fraction of sp³-hybridized carbons (Fsp3) is 0.150. The van der Waals surface area contributed by atoms with E-state index in [0.717, 1.165) is 29.0 Å². The number of hydrogen-bond acceptors (Lipinski definition) is 7. The second kappa shape index (κ2) is 8.98. The Labute approximate surface area is 184 Å². The lowest BCUT2D eigenvalue weighted by molar-refractivity contribution is -0.755. The summed E-state index contributed by atoms with van der Waals surface area (Å²) in [4.78, 5) is 19.9. The molecule has 0 spiro atoms. The Morgan fingerprint density at radius 2 is 1.91 bits per heavy atom. The molecular weight excluding hydrogens is 441 g/mol. The molecule has 0 saturated heterocycles. The number of nitrogens with one attached hydrogen (secondary N) is 2. The Balaban J connectivity index is 1.36. The van der Waals surface area contributed by atoms with E-state index in [0.29, 0.717) is 11.9 Å². The third-order valence-electron chi connectivity index (χ3n) is 4.46. The molecule has 4 aromatic rings. The number of pyridine rings is 2. The van der Waals surface area contributed by atoms with Crippen LogP contribution in [0.3, 0.4) is 0 Å². The van der Waals surface area contributed by atoms with E-state index in [1.54, 1.807) is 18.6 Å². The van der Waals surface area contributed by atoms with Crippen LogP contribution in [0.4, 0.5) is 29.5 Å². The zero-order chi connectivity index (χ0) is 23.4. The van der Waals surface area contributed by atoms with Crippen molar-refractivity contribution in [2.24, 2.45) is 0 Å². The largest absolute Gasteiger partial charge is 0.417 e. The van der Waals surface area contributed by atoms with Gasteiger partial charge in [-0.1, -0.05) is 6.07 Å². The van der Waals surface area contributed by atoms with Crippen molar-refractivity contribution >= 4 is 17.6 Å². The predicted octanol–water partition coefficient (Wildman–Crippen LogP) is 3.23. The minimum atomic E-state index is -4.57. The fourth-order valence-electron chi connectivity index (χ4n) is 2.87. The number of aryl methyl sites for hydroxylation is 1. The Bertz CT molecular complexity index is 1270. The molecule has 4 rings (SSSR count).